The standard InChI is InChI=1S/C17H17ClO2/c1-12-7-9-13(10-8-12)11-15(17(18)19)14-5-3-4-6-16(14)20-2/h3-10,15H,11H2,1-2H3. The minimum atomic E-state index is -0.393. The Hall–Kier alpha value is -1.80. The predicted octanol–water partition coefficient (Wildman–Crippen LogP) is 4.10. The molecule has 0 saturated carbocycles. The zero-order valence-corrected chi connectivity index (χ0v) is 12.4. The summed E-state index contributed by atoms with van der Waals surface area (Å²) in [5.41, 5.74) is 3.11. The number of halogens is 1. The quantitative estimate of drug-likeness (QED) is 0.775. The van der Waals surface area contributed by atoms with Crippen LogP contribution in [0.25, 0.3) is 0 Å². The molecule has 20 heavy (non-hydrogen) atoms. The maximum atomic E-state index is 11.8. The van der Waals surface area contributed by atoms with Crippen molar-refractivity contribution in [2.75, 3.05) is 7.11 Å². The van der Waals surface area contributed by atoms with E-state index in [1.807, 2.05) is 55.5 Å². The summed E-state index contributed by atoms with van der Waals surface area (Å²) in [6.45, 7) is 2.04. The summed E-state index contributed by atoms with van der Waals surface area (Å²) in [4.78, 5) is 11.8. The molecule has 2 rings (SSSR count). The van der Waals surface area contributed by atoms with Gasteiger partial charge in [0.25, 0.3) is 0 Å². The van der Waals surface area contributed by atoms with E-state index in [1.54, 1.807) is 7.11 Å². The molecule has 0 fully saturated rings. The van der Waals surface area contributed by atoms with Gasteiger partial charge in [-0.15, -0.1) is 0 Å². The first-order chi connectivity index (χ1) is 9.61. The van der Waals surface area contributed by atoms with Crippen LogP contribution in [0.3, 0.4) is 0 Å². The predicted molar refractivity (Wildman–Crippen MR) is 81.5 cm³/mol. The highest BCUT2D eigenvalue weighted by molar-refractivity contribution is 6.64. The molecule has 2 aromatic rings. The highest BCUT2D eigenvalue weighted by Crippen LogP contribution is 2.31. The smallest absolute Gasteiger partial charge is 0.229 e. The van der Waals surface area contributed by atoms with Gasteiger partial charge in [0.1, 0.15) is 5.75 Å². The van der Waals surface area contributed by atoms with Gasteiger partial charge in [0.15, 0.2) is 0 Å². The van der Waals surface area contributed by atoms with E-state index in [9.17, 15) is 4.79 Å². The van der Waals surface area contributed by atoms with Gasteiger partial charge >= 0.3 is 0 Å². The topological polar surface area (TPSA) is 26.3 Å². The van der Waals surface area contributed by atoms with Crippen molar-refractivity contribution in [3.63, 3.8) is 0 Å². The fourth-order valence-electron chi connectivity index (χ4n) is 2.23. The number of hydrogen-bond acceptors (Lipinski definition) is 2. The number of methoxy groups -OCH3 is 1. The third kappa shape index (κ3) is 3.40. The first kappa shape index (κ1) is 14.6. The Morgan fingerprint density at radius 1 is 1.15 bits per heavy atom. The van der Waals surface area contributed by atoms with Crippen LogP contribution >= 0.6 is 11.6 Å². The number of rotatable bonds is 5. The van der Waals surface area contributed by atoms with Gasteiger partial charge in [-0.3, -0.25) is 4.79 Å². The minimum absolute atomic E-state index is 0.366. The summed E-state index contributed by atoms with van der Waals surface area (Å²) < 4.78 is 5.32. The van der Waals surface area contributed by atoms with Crippen molar-refractivity contribution in [3.05, 3.63) is 65.2 Å². The average molecular weight is 289 g/mol. The molecule has 0 saturated heterocycles. The number of hydrogen-bond donors (Lipinski definition) is 0. The Kier molecular flexibility index (Phi) is 4.80. The van der Waals surface area contributed by atoms with Crippen LogP contribution < -0.4 is 4.74 Å². The Labute approximate surface area is 124 Å². The third-order valence-electron chi connectivity index (χ3n) is 3.35. The van der Waals surface area contributed by atoms with Gasteiger partial charge in [-0.2, -0.15) is 0 Å². The van der Waals surface area contributed by atoms with E-state index in [4.69, 9.17) is 16.3 Å². The van der Waals surface area contributed by atoms with Crippen molar-refractivity contribution in [2.24, 2.45) is 0 Å². The molecule has 0 radical (unpaired) electrons. The number of para-hydroxylation sites is 1. The molecule has 0 heterocycles. The monoisotopic (exact) mass is 288 g/mol. The van der Waals surface area contributed by atoms with Gasteiger partial charge in [0.2, 0.25) is 5.24 Å². The summed E-state index contributed by atoms with van der Waals surface area (Å²) in [7, 11) is 1.60. The molecule has 0 aromatic heterocycles. The van der Waals surface area contributed by atoms with Crippen LogP contribution in [0, 0.1) is 6.92 Å². The number of ether oxygens (including phenoxy) is 1. The molecule has 1 unspecified atom stereocenters. The molecule has 0 aliphatic heterocycles. The molecule has 1 atom stereocenters. The highest BCUT2D eigenvalue weighted by Gasteiger charge is 2.22. The molecule has 0 spiro atoms. The Bertz CT molecular complexity index is 590. The van der Waals surface area contributed by atoms with Crippen molar-refractivity contribution < 1.29 is 9.53 Å². The fourth-order valence-corrected chi connectivity index (χ4v) is 2.42. The van der Waals surface area contributed by atoms with Crippen molar-refractivity contribution in [1.29, 1.82) is 0 Å². The average Bonchev–Trinajstić information content (AvgIpc) is 2.46. The van der Waals surface area contributed by atoms with Crippen LogP contribution in [0.4, 0.5) is 0 Å². The zero-order chi connectivity index (χ0) is 14.5. The Morgan fingerprint density at radius 2 is 1.80 bits per heavy atom. The lowest BCUT2D eigenvalue weighted by atomic mass is 9.92. The van der Waals surface area contributed by atoms with Crippen molar-refractivity contribution in [3.8, 4) is 5.75 Å². The maximum absolute atomic E-state index is 11.8. The first-order valence-corrected chi connectivity index (χ1v) is 6.87. The Balaban J connectivity index is 2.32. The van der Waals surface area contributed by atoms with E-state index in [0.29, 0.717) is 12.2 Å². The molecule has 2 aromatic carbocycles. The molecule has 104 valence electrons. The van der Waals surface area contributed by atoms with E-state index in [0.717, 1.165) is 11.1 Å². The first-order valence-electron chi connectivity index (χ1n) is 6.49. The molecule has 0 aliphatic rings. The number of carbonyl (C=O) groups excluding carboxylic acids is 1. The van der Waals surface area contributed by atoms with E-state index >= 15 is 0 Å². The zero-order valence-electron chi connectivity index (χ0n) is 11.6. The number of benzene rings is 2. The summed E-state index contributed by atoms with van der Waals surface area (Å²) in [6, 6.07) is 15.6. The summed E-state index contributed by atoms with van der Waals surface area (Å²) >= 11 is 5.79. The summed E-state index contributed by atoms with van der Waals surface area (Å²) in [6.07, 6.45) is 0.572. The van der Waals surface area contributed by atoms with E-state index in [1.165, 1.54) is 5.56 Å². The van der Waals surface area contributed by atoms with Gasteiger partial charge in [-0.05, 0) is 36.6 Å². The van der Waals surface area contributed by atoms with Crippen LogP contribution in [-0.4, -0.2) is 12.4 Å². The van der Waals surface area contributed by atoms with Gasteiger partial charge in [-0.25, -0.2) is 0 Å². The van der Waals surface area contributed by atoms with Crippen molar-refractivity contribution >= 4 is 16.8 Å². The van der Waals surface area contributed by atoms with Crippen molar-refractivity contribution in [2.45, 2.75) is 19.3 Å². The van der Waals surface area contributed by atoms with Gasteiger partial charge in [0, 0.05) is 5.56 Å². The van der Waals surface area contributed by atoms with E-state index < -0.39 is 5.92 Å². The van der Waals surface area contributed by atoms with Crippen LogP contribution in [0.15, 0.2) is 48.5 Å². The molecule has 0 amide bonds. The van der Waals surface area contributed by atoms with Gasteiger partial charge < -0.3 is 4.74 Å². The molecular weight excluding hydrogens is 272 g/mol. The van der Waals surface area contributed by atoms with Gasteiger partial charge in [0.05, 0.1) is 13.0 Å². The molecule has 0 bridgehead atoms. The SMILES string of the molecule is COc1ccccc1C(Cc1ccc(C)cc1)C(=O)Cl. The number of carbonyl (C=O) groups is 1. The van der Waals surface area contributed by atoms with Crippen LogP contribution in [0.5, 0.6) is 5.75 Å². The molecule has 0 N–H and O–H groups in total. The van der Waals surface area contributed by atoms with Crippen LogP contribution in [-0.2, 0) is 11.2 Å². The molecule has 2 nitrogen and oxygen atoms in total. The molecule has 0 aliphatic carbocycles. The van der Waals surface area contributed by atoms with Crippen LogP contribution in [0.1, 0.15) is 22.6 Å². The minimum Gasteiger partial charge on any atom is -0.496 e. The highest BCUT2D eigenvalue weighted by atomic mass is 35.5. The second-order valence-electron chi connectivity index (χ2n) is 4.79. The second-order valence-corrected chi connectivity index (χ2v) is 5.16. The molecule has 3 heteroatoms. The molecular formula is C17H17ClO2. The van der Waals surface area contributed by atoms with E-state index in [-0.39, 0.29) is 5.24 Å². The Morgan fingerprint density at radius 3 is 2.40 bits per heavy atom. The fraction of sp³-hybridized carbons (Fsp3) is 0.235. The maximum Gasteiger partial charge on any atom is 0.229 e. The number of aryl methyl sites for hydroxylation is 1. The summed E-state index contributed by atoms with van der Waals surface area (Å²) in [5, 5.41) is -0.366. The normalized spacial score (nSPS) is 11.9. The third-order valence-corrected chi connectivity index (χ3v) is 3.61. The lowest BCUT2D eigenvalue weighted by molar-refractivity contribution is -0.113. The lowest BCUT2D eigenvalue weighted by Crippen LogP contribution is -2.11. The lowest BCUT2D eigenvalue weighted by Gasteiger charge is -2.16. The van der Waals surface area contributed by atoms with E-state index in [2.05, 4.69) is 0 Å². The summed E-state index contributed by atoms with van der Waals surface area (Å²) in [5.74, 6) is 0.300. The van der Waals surface area contributed by atoms with Gasteiger partial charge in [-0.1, -0.05) is 48.0 Å². The largest absolute Gasteiger partial charge is 0.496 e. The van der Waals surface area contributed by atoms with Crippen molar-refractivity contribution in [1.82, 2.24) is 0 Å². The van der Waals surface area contributed by atoms with Crippen LogP contribution in [0.2, 0.25) is 0 Å². The second kappa shape index (κ2) is 6.58.